The molecule has 3 heteroatoms. The van der Waals surface area contributed by atoms with Gasteiger partial charge in [-0.3, -0.25) is 0 Å². The molecular formula is C8H17NO2. The summed E-state index contributed by atoms with van der Waals surface area (Å²) in [5.41, 5.74) is 5.91. The van der Waals surface area contributed by atoms with Gasteiger partial charge >= 0.3 is 0 Å². The van der Waals surface area contributed by atoms with Crippen LogP contribution in [-0.2, 0) is 9.47 Å². The third-order valence-corrected chi connectivity index (χ3v) is 2.72. The lowest BCUT2D eigenvalue weighted by Gasteiger charge is -2.23. The minimum Gasteiger partial charge on any atom is -0.354 e. The van der Waals surface area contributed by atoms with E-state index in [1.807, 2.05) is 0 Å². The SMILES string of the molecule is COC(OC)C1(N)CC1(C)C. The number of methoxy groups -OCH3 is 2. The third-order valence-electron chi connectivity index (χ3n) is 2.72. The van der Waals surface area contributed by atoms with Crippen molar-refractivity contribution in [3.63, 3.8) is 0 Å². The van der Waals surface area contributed by atoms with Gasteiger partial charge in [0.15, 0.2) is 6.29 Å². The van der Waals surface area contributed by atoms with E-state index in [4.69, 9.17) is 15.2 Å². The second-order valence-electron chi connectivity index (χ2n) is 3.90. The first kappa shape index (κ1) is 8.97. The van der Waals surface area contributed by atoms with Crippen LogP contribution in [-0.4, -0.2) is 26.0 Å². The Morgan fingerprint density at radius 2 is 1.64 bits per heavy atom. The van der Waals surface area contributed by atoms with Crippen molar-refractivity contribution in [2.45, 2.75) is 32.1 Å². The van der Waals surface area contributed by atoms with E-state index < -0.39 is 0 Å². The fourth-order valence-corrected chi connectivity index (χ4v) is 1.61. The van der Waals surface area contributed by atoms with Crippen LogP contribution in [0.2, 0.25) is 0 Å². The standard InChI is InChI=1S/C8H17NO2/c1-7(2)5-8(7,9)6(10-3)11-4/h6H,5,9H2,1-4H3. The fourth-order valence-electron chi connectivity index (χ4n) is 1.61. The van der Waals surface area contributed by atoms with E-state index in [1.54, 1.807) is 14.2 Å². The first-order valence-corrected chi connectivity index (χ1v) is 3.82. The van der Waals surface area contributed by atoms with Crippen LogP contribution in [0.25, 0.3) is 0 Å². The smallest absolute Gasteiger partial charge is 0.175 e. The highest BCUT2D eigenvalue weighted by Gasteiger charge is 2.63. The summed E-state index contributed by atoms with van der Waals surface area (Å²) in [5.74, 6) is 0. The zero-order valence-corrected chi connectivity index (χ0v) is 7.68. The molecule has 1 atom stereocenters. The van der Waals surface area contributed by atoms with E-state index in [2.05, 4.69) is 13.8 Å². The summed E-state index contributed by atoms with van der Waals surface area (Å²) in [7, 11) is 3.24. The Labute approximate surface area is 67.9 Å². The van der Waals surface area contributed by atoms with Gasteiger partial charge in [-0.1, -0.05) is 13.8 Å². The molecule has 1 fully saturated rings. The van der Waals surface area contributed by atoms with Crippen molar-refractivity contribution in [3.05, 3.63) is 0 Å². The molecule has 3 nitrogen and oxygen atoms in total. The first-order valence-electron chi connectivity index (χ1n) is 3.82. The summed E-state index contributed by atoms with van der Waals surface area (Å²) in [5, 5.41) is 0. The Kier molecular flexibility index (Phi) is 1.99. The molecule has 0 heterocycles. The van der Waals surface area contributed by atoms with Crippen molar-refractivity contribution in [2.24, 2.45) is 11.1 Å². The van der Waals surface area contributed by atoms with E-state index in [1.165, 1.54) is 0 Å². The Hall–Kier alpha value is -0.120. The molecular weight excluding hydrogens is 142 g/mol. The quantitative estimate of drug-likeness (QED) is 0.617. The third kappa shape index (κ3) is 1.17. The van der Waals surface area contributed by atoms with Gasteiger partial charge in [-0.25, -0.2) is 0 Å². The van der Waals surface area contributed by atoms with Gasteiger partial charge in [0.1, 0.15) is 0 Å². The van der Waals surface area contributed by atoms with E-state index in [0.29, 0.717) is 0 Å². The minimum atomic E-state index is -0.281. The van der Waals surface area contributed by atoms with Crippen molar-refractivity contribution in [1.82, 2.24) is 0 Å². The van der Waals surface area contributed by atoms with Gasteiger partial charge < -0.3 is 15.2 Å². The van der Waals surface area contributed by atoms with Crippen LogP contribution in [0.5, 0.6) is 0 Å². The highest BCUT2D eigenvalue weighted by atomic mass is 16.7. The van der Waals surface area contributed by atoms with Crippen LogP contribution in [0.15, 0.2) is 0 Å². The zero-order valence-electron chi connectivity index (χ0n) is 7.68. The molecule has 0 aliphatic heterocycles. The molecule has 1 aliphatic rings. The summed E-state index contributed by atoms with van der Waals surface area (Å²) in [6.45, 7) is 4.25. The second-order valence-corrected chi connectivity index (χ2v) is 3.90. The van der Waals surface area contributed by atoms with Crippen LogP contribution in [0, 0.1) is 5.41 Å². The van der Waals surface area contributed by atoms with Gasteiger partial charge in [-0.05, 0) is 11.8 Å². The molecule has 0 aromatic carbocycles. The second kappa shape index (κ2) is 2.44. The van der Waals surface area contributed by atoms with Gasteiger partial charge in [0, 0.05) is 14.2 Å². The van der Waals surface area contributed by atoms with Gasteiger partial charge in [-0.15, -0.1) is 0 Å². The maximum Gasteiger partial charge on any atom is 0.175 e. The summed E-state index contributed by atoms with van der Waals surface area (Å²) < 4.78 is 10.2. The molecule has 0 spiro atoms. The number of nitrogens with two attached hydrogens (primary N) is 1. The predicted molar refractivity (Wildman–Crippen MR) is 43.1 cm³/mol. The Morgan fingerprint density at radius 3 is 1.73 bits per heavy atom. The van der Waals surface area contributed by atoms with E-state index >= 15 is 0 Å². The van der Waals surface area contributed by atoms with E-state index in [0.717, 1.165) is 6.42 Å². The fraction of sp³-hybridized carbons (Fsp3) is 1.00. The first-order chi connectivity index (χ1) is 4.98. The van der Waals surface area contributed by atoms with E-state index in [-0.39, 0.29) is 17.2 Å². The summed E-state index contributed by atoms with van der Waals surface area (Å²) in [6, 6.07) is 0. The molecule has 1 rings (SSSR count). The summed E-state index contributed by atoms with van der Waals surface area (Å²) >= 11 is 0. The molecule has 66 valence electrons. The van der Waals surface area contributed by atoms with Crippen molar-refractivity contribution >= 4 is 0 Å². The lowest BCUT2D eigenvalue weighted by atomic mass is 10.1. The number of ether oxygens (including phenoxy) is 2. The lowest BCUT2D eigenvalue weighted by Crippen LogP contribution is -2.43. The van der Waals surface area contributed by atoms with Crippen molar-refractivity contribution in [3.8, 4) is 0 Å². The highest BCUT2D eigenvalue weighted by molar-refractivity contribution is 5.17. The number of rotatable bonds is 3. The van der Waals surface area contributed by atoms with Crippen LogP contribution in [0.4, 0.5) is 0 Å². The molecule has 0 radical (unpaired) electrons. The van der Waals surface area contributed by atoms with Crippen molar-refractivity contribution in [1.29, 1.82) is 0 Å². The van der Waals surface area contributed by atoms with Crippen LogP contribution in [0.3, 0.4) is 0 Å². The Balaban J connectivity index is 2.61. The van der Waals surface area contributed by atoms with Crippen LogP contribution < -0.4 is 5.73 Å². The highest BCUT2D eigenvalue weighted by Crippen LogP contribution is 2.56. The average molecular weight is 159 g/mol. The summed E-state index contributed by atoms with van der Waals surface area (Å²) in [4.78, 5) is 0. The van der Waals surface area contributed by atoms with Crippen LogP contribution >= 0.6 is 0 Å². The maximum atomic E-state index is 6.04. The summed E-state index contributed by atoms with van der Waals surface area (Å²) in [6.07, 6.45) is 0.698. The van der Waals surface area contributed by atoms with Gasteiger partial charge in [0.05, 0.1) is 5.54 Å². The lowest BCUT2D eigenvalue weighted by molar-refractivity contribution is -0.129. The Morgan fingerprint density at radius 1 is 1.27 bits per heavy atom. The molecule has 0 bridgehead atoms. The molecule has 1 saturated carbocycles. The monoisotopic (exact) mass is 159 g/mol. The van der Waals surface area contributed by atoms with E-state index in [9.17, 15) is 0 Å². The molecule has 1 aliphatic carbocycles. The van der Waals surface area contributed by atoms with Crippen molar-refractivity contribution in [2.75, 3.05) is 14.2 Å². The zero-order chi connectivity index (χ0) is 8.70. The van der Waals surface area contributed by atoms with Crippen LogP contribution in [0.1, 0.15) is 20.3 Å². The minimum absolute atomic E-state index is 0.156. The molecule has 0 saturated heterocycles. The van der Waals surface area contributed by atoms with Crippen molar-refractivity contribution < 1.29 is 9.47 Å². The molecule has 1 unspecified atom stereocenters. The topological polar surface area (TPSA) is 44.5 Å². The maximum absolute atomic E-state index is 6.04. The molecule has 0 aromatic rings. The number of hydrogen-bond donors (Lipinski definition) is 1. The normalized spacial score (nSPS) is 34.4. The van der Waals surface area contributed by atoms with Gasteiger partial charge in [0.25, 0.3) is 0 Å². The molecule has 11 heavy (non-hydrogen) atoms. The predicted octanol–water partition coefficient (Wildman–Crippen LogP) is 0.733. The largest absolute Gasteiger partial charge is 0.354 e. The molecule has 2 N–H and O–H groups in total. The van der Waals surface area contributed by atoms with Gasteiger partial charge in [-0.2, -0.15) is 0 Å². The number of hydrogen-bond acceptors (Lipinski definition) is 3. The molecule has 0 amide bonds. The van der Waals surface area contributed by atoms with Gasteiger partial charge in [0.2, 0.25) is 0 Å². The average Bonchev–Trinajstić information content (AvgIpc) is 2.36. The molecule has 0 aromatic heterocycles. The Bertz CT molecular complexity index is 154.